The molecule has 1 rings (SSSR count). The van der Waals surface area contributed by atoms with E-state index in [1.165, 1.54) is 14.0 Å². The molecule has 0 aliphatic carbocycles. The minimum Gasteiger partial charge on any atom is -0.460 e. The molecule has 1 aromatic carbocycles. The van der Waals surface area contributed by atoms with Crippen LogP contribution in [0.5, 0.6) is 0 Å². The van der Waals surface area contributed by atoms with Crippen molar-refractivity contribution in [3.05, 3.63) is 29.8 Å². The second kappa shape index (κ2) is 6.65. The number of hydrogen-bond donors (Lipinski definition) is 1. The molecule has 5 heteroatoms. The molecule has 0 spiro atoms. The number of amides is 1. The quantitative estimate of drug-likeness (QED) is 0.621. The van der Waals surface area contributed by atoms with E-state index < -0.39 is 5.97 Å². The Labute approximate surface area is 99.7 Å². The van der Waals surface area contributed by atoms with Crippen LogP contribution in [0.3, 0.4) is 0 Å². The van der Waals surface area contributed by atoms with Gasteiger partial charge in [-0.15, -0.1) is 0 Å². The lowest BCUT2D eigenvalue weighted by Crippen LogP contribution is -2.10. The predicted molar refractivity (Wildman–Crippen MR) is 62.9 cm³/mol. The van der Waals surface area contributed by atoms with Crippen molar-refractivity contribution in [3.63, 3.8) is 0 Å². The van der Waals surface area contributed by atoms with Crippen molar-refractivity contribution in [3.8, 4) is 0 Å². The number of benzene rings is 1. The van der Waals surface area contributed by atoms with Crippen molar-refractivity contribution in [2.75, 3.05) is 25.6 Å². The van der Waals surface area contributed by atoms with E-state index in [0.29, 0.717) is 17.9 Å². The minimum atomic E-state index is -0.406. The van der Waals surface area contributed by atoms with Gasteiger partial charge in [0.15, 0.2) is 0 Å². The Morgan fingerprint density at radius 1 is 1.18 bits per heavy atom. The highest BCUT2D eigenvalue weighted by Crippen LogP contribution is 2.10. The first kappa shape index (κ1) is 13.2. The third kappa shape index (κ3) is 4.65. The number of carbonyl (C=O) groups is 2. The molecule has 0 aromatic heterocycles. The summed E-state index contributed by atoms with van der Waals surface area (Å²) in [4.78, 5) is 22.3. The van der Waals surface area contributed by atoms with E-state index in [1.807, 2.05) is 0 Å². The van der Waals surface area contributed by atoms with Crippen molar-refractivity contribution in [2.45, 2.75) is 6.92 Å². The molecule has 0 bridgehead atoms. The van der Waals surface area contributed by atoms with E-state index in [9.17, 15) is 9.59 Å². The Morgan fingerprint density at radius 3 is 2.35 bits per heavy atom. The summed E-state index contributed by atoms with van der Waals surface area (Å²) in [5.41, 5.74) is 1.08. The third-order valence-electron chi connectivity index (χ3n) is 1.96. The molecule has 5 nitrogen and oxygen atoms in total. The molecular weight excluding hydrogens is 222 g/mol. The van der Waals surface area contributed by atoms with Crippen molar-refractivity contribution in [2.24, 2.45) is 0 Å². The van der Waals surface area contributed by atoms with E-state index >= 15 is 0 Å². The summed E-state index contributed by atoms with van der Waals surface area (Å²) in [6.45, 7) is 2.02. The fourth-order valence-electron chi connectivity index (χ4n) is 1.19. The van der Waals surface area contributed by atoms with Crippen LogP contribution in [0.1, 0.15) is 17.3 Å². The molecule has 92 valence electrons. The van der Waals surface area contributed by atoms with Crippen molar-refractivity contribution in [1.29, 1.82) is 0 Å². The molecule has 0 unspecified atom stereocenters. The molecule has 17 heavy (non-hydrogen) atoms. The van der Waals surface area contributed by atoms with Crippen molar-refractivity contribution < 1.29 is 19.1 Å². The second-order valence-corrected chi connectivity index (χ2v) is 3.39. The summed E-state index contributed by atoms with van der Waals surface area (Å²) >= 11 is 0. The number of rotatable bonds is 5. The van der Waals surface area contributed by atoms with Gasteiger partial charge in [0.05, 0.1) is 12.2 Å². The number of nitrogens with one attached hydrogen (secondary N) is 1. The number of anilines is 1. The zero-order valence-electron chi connectivity index (χ0n) is 9.86. The number of hydrogen-bond acceptors (Lipinski definition) is 4. The molecular formula is C12H15NO4. The van der Waals surface area contributed by atoms with E-state index in [1.54, 1.807) is 24.3 Å². The van der Waals surface area contributed by atoms with Crippen molar-refractivity contribution in [1.82, 2.24) is 0 Å². The molecule has 0 aliphatic heterocycles. The molecule has 1 aromatic rings. The third-order valence-corrected chi connectivity index (χ3v) is 1.96. The molecule has 0 fully saturated rings. The predicted octanol–water partition coefficient (Wildman–Crippen LogP) is 1.45. The Balaban J connectivity index is 2.54. The Kier molecular flexibility index (Phi) is 5.16. The molecule has 0 saturated carbocycles. The average molecular weight is 237 g/mol. The van der Waals surface area contributed by atoms with Crippen LogP contribution in [-0.4, -0.2) is 32.2 Å². The van der Waals surface area contributed by atoms with Gasteiger partial charge >= 0.3 is 5.97 Å². The maximum Gasteiger partial charge on any atom is 0.338 e. The monoisotopic (exact) mass is 237 g/mol. The fraction of sp³-hybridized carbons (Fsp3) is 0.333. The molecule has 0 radical (unpaired) electrons. The van der Waals surface area contributed by atoms with Crippen LogP contribution in [0.4, 0.5) is 5.69 Å². The van der Waals surface area contributed by atoms with Gasteiger partial charge in [0, 0.05) is 19.7 Å². The summed E-state index contributed by atoms with van der Waals surface area (Å²) in [6, 6.07) is 6.49. The minimum absolute atomic E-state index is 0.152. The maximum absolute atomic E-state index is 11.5. The van der Waals surface area contributed by atoms with Gasteiger partial charge in [-0.2, -0.15) is 0 Å². The highest BCUT2D eigenvalue weighted by Gasteiger charge is 2.06. The number of esters is 1. The van der Waals surface area contributed by atoms with Crippen LogP contribution in [0.25, 0.3) is 0 Å². The number of ether oxygens (including phenoxy) is 2. The van der Waals surface area contributed by atoms with Crippen LogP contribution < -0.4 is 5.32 Å². The van der Waals surface area contributed by atoms with E-state index in [4.69, 9.17) is 9.47 Å². The van der Waals surface area contributed by atoms with Gasteiger partial charge in [0.25, 0.3) is 0 Å². The Morgan fingerprint density at radius 2 is 1.82 bits per heavy atom. The van der Waals surface area contributed by atoms with Crippen LogP contribution in [-0.2, 0) is 14.3 Å². The fourth-order valence-corrected chi connectivity index (χ4v) is 1.19. The van der Waals surface area contributed by atoms with Gasteiger partial charge < -0.3 is 14.8 Å². The van der Waals surface area contributed by atoms with Gasteiger partial charge in [0.1, 0.15) is 6.61 Å². The second-order valence-electron chi connectivity index (χ2n) is 3.39. The Bertz CT molecular complexity index is 386. The highest BCUT2D eigenvalue weighted by molar-refractivity contribution is 5.92. The van der Waals surface area contributed by atoms with Gasteiger partial charge in [0.2, 0.25) is 5.91 Å². The molecule has 0 heterocycles. The highest BCUT2D eigenvalue weighted by atomic mass is 16.6. The molecule has 1 N–H and O–H groups in total. The first-order chi connectivity index (χ1) is 8.13. The summed E-state index contributed by atoms with van der Waals surface area (Å²) in [6.07, 6.45) is 0. The molecule has 1 amide bonds. The van der Waals surface area contributed by atoms with Gasteiger partial charge in [-0.1, -0.05) is 0 Å². The smallest absolute Gasteiger partial charge is 0.338 e. The lowest BCUT2D eigenvalue weighted by molar-refractivity contribution is -0.114. The lowest BCUT2D eigenvalue weighted by atomic mass is 10.2. The summed E-state index contributed by atoms with van der Waals surface area (Å²) in [5.74, 6) is -0.558. The first-order valence-electron chi connectivity index (χ1n) is 5.17. The molecule has 0 aliphatic rings. The van der Waals surface area contributed by atoms with E-state index in [-0.39, 0.29) is 12.5 Å². The van der Waals surface area contributed by atoms with Crippen molar-refractivity contribution >= 4 is 17.6 Å². The van der Waals surface area contributed by atoms with E-state index in [0.717, 1.165) is 0 Å². The summed E-state index contributed by atoms with van der Waals surface area (Å²) in [7, 11) is 1.54. The molecule has 0 saturated heterocycles. The van der Waals surface area contributed by atoms with E-state index in [2.05, 4.69) is 5.32 Å². The maximum atomic E-state index is 11.5. The van der Waals surface area contributed by atoms with Gasteiger partial charge in [-0.25, -0.2) is 4.79 Å². The zero-order chi connectivity index (χ0) is 12.7. The SMILES string of the molecule is COCCOC(=O)c1ccc(NC(C)=O)cc1. The number of carbonyl (C=O) groups excluding carboxylic acids is 2. The summed E-state index contributed by atoms with van der Waals surface area (Å²) < 4.78 is 9.70. The van der Waals surface area contributed by atoms with Crippen LogP contribution in [0, 0.1) is 0 Å². The average Bonchev–Trinajstić information content (AvgIpc) is 2.29. The van der Waals surface area contributed by atoms with Crippen LogP contribution >= 0.6 is 0 Å². The van der Waals surface area contributed by atoms with Crippen LogP contribution in [0.15, 0.2) is 24.3 Å². The van der Waals surface area contributed by atoms with Gasteiger partial charge in [-0.05, 0) is 24.3 Å². The lowest BCUT2D eigenvalue weighted by Gasteiger charge is -2.05. The number of methoxy groups -OCH3 is 1. The summed E-state index contributed by atoms with van der Waals surface area (Å²) in [5, 5.41) is 2.61. The topological polar surface area (TPSA) is 64.6 Å². The largest absolute Gasteiger partial charge is 0.460 e. The first-order valence-corrected chi connectivity index (χ1v) is 5.17. The zero-order valence-corrected chi connectivity index (χ0v) is 9.86. The van der Waals surface area contributed by atoms with Crippen LogP contribution in [0.2, 0.25) is 0 Å². The normalized spacial score (nSPS) is 9.76. The Hall–Kier alpha value is -1.88. The van der Waals surface area contributed by atoms with Gasteiger partial charge in [-0.3, -0.25) is 4.79 Å². The standard InChI is InChI=1S/C12H15NO4/c1-9(14)13-11-5-3-10(4-6-11)12(15)17-8-7-16-2/h3-6H,7-8H2,1-2H3,(H,13,14). The molecule has 0 atom stereocenters.